The van der Waals surface area contributed by atoms with E-state index >= 15 is 0 Å². The van der Waals surface area contributed by atoms with Crippen LogP contribution in [0.15, 0.2) is 66.7 Å². The number of hydrogen-bond donors (Lipinski definition) is 0. The Hall–Kier alpha value is -2.75. The van der Waals surface area contributed by atoms with Gasteiger partial charge >= 0.3 is 6.61 Å². The van der Waals surface area contributed by atoms with Gasteiger partial charge < -0.3 is 4.74 Å². The molecule has 3 aromatic carbocycles. The zero-order valence-corrected chi connectivity index (χ0v) is 15.1. The molecule has 0 fully saturated rings. The van der Waals surface area contributed by atoms with Crippen molar-refractivity contribution >= 4 is 0 Å². The average molecular weight is 370 g/mol. The molecule has 0 heterocycles. The van der Waals surface area contributed by atoms with Crippen LogP contribution >= 0.6 is 0 Å². The van der Waals surface area contributed by atoms with Crippen LogP contribution < -0.4 is 4.74 Å². The van der Waals surface area contributed by atoms with E-state index in [1.54, 1.807) is 0 Å². The van der Waals surface area contributed by atoms with Crippen LogP contribution in [0.4, 0.5) is 13.2 Å². The van der Waals surface area contributed by atoms with Crippen LogP contribution in [0.25, 0.3) is 22.3 Å². The van der Waals surface area contributed by atoms with E-state index in [1.807, 2.05) is 24.3 Å². The van der Waals surface area contributed by atoms with Crippen molar-refractivity contribution in [3.05, 3.63) is 78.1 Å². The minimum absolute atomic E-state index is 0.189. The lowest BCUT2D eigenvalue weighted by molar-refractivity contribution is -0.0499. The minimum Gasteiger partial charge on any atom is -0.435 e. The third-order valence-corrected chi connectivity index (χ3v) is 4.47. The van der Waals surface area contributed by atoms with Gasteiger partial charge in [-0.05, 0) is 47.2 Å². The summed E-state index contributed by atoms with van der Waals surface area (Å²) in [5.74, 6) is -0.785. The van der Waals surface area contributed by atoms with Gasteiger partial charge in [0.25, 0.3) is 0 Å². The molecule has 0 unspecified atom stereocenters. The molecule has 0 aromatic heterocycles. The van der Waals surface area contributed by atoms with E-state index in [-0.39, 0.29) is 5.75 Å². The topological polar surface area (TPSA) is 9.23 Å². The molecular weight excluding hydrogens is 349 g/mol. The first-order valence-electron chi connectivity index (χ1n) is 9.01. The zero-order chi connectivity index (χ0) is 19.2. The number of halogens is 3. The molecule has 140 valence electrons. The predicted molar refractivity (Wildman–Crippen MR) is 103 cm³/mol. The fourth-order valence-corrected chi connectivity index (χ4v) is 2.99. The molecule has 3 aromatic rings. The maximum absolute atomic E-state index is 14.2. The largest absolute Gasteiger partial charge is 0.435 e. The number of ether oxygens (including phenoxy) is 1. The zero-order valence-electron chi connectivity index (χ0n) is 15.1. The maximum Gasteiger partial charge on any atom is 0.387 e. The summed E-state index contributed by atoms with van der Waals surface area (Å²) < 4.78 is 42.9. The van der Waals surface area contributed by atoms with Crippen LogP contribution in [0.3, 0.4) is 0 Å². The lowest BCUT2D eigenvalue weighted by atomic mass is 9.98. The second kappa shape index (κ2) is 8.76. The number of rotatable bonds is 7. The molecule has 0 bridgehead atoms. The third kappa shape index (κ3) is 4.91. The van der Waals surface area contributed by atoms with Crippen LogP contribution in [0.2, 0.25) is 0 Å². The standard InChI is InChI=1S/C23H21F3O/c1-2-3-4-16-5-7-17(8-6-16)18-9-11-19(12-10-18)21-14-13-20(15-22(21)24)27-23(25)26/h5-15,23H,2-4H2,1H3. The van der Waals surface area contributed by atoms with Gasteiger partial charge in [0, 0.05) is 11.6 Å². The second-order valence-corrected chi connectivity index (χ2v) is 6.40. The molecule has 4 heteroatoms. The summed E-state index contributed by atoms with van der Waals surface area (Å²) in [7, 11) is 0. The minimum atomic E-state index is -2.97. The SMILES string of the molecule is CCCCc1ccc(-c2ccc(-c3ccc(OC(F)F)cc3F)cc2)cc1. The van der Waals surface area contributed by atoms with Gasteiger partial charge in [-0.3, -0.25) is 0 Å². The van der Waals surface area contributed by atoms with E-state index < -0.39 is 12.4 Å². The van der Waals surface area contributed by atoms with Crippen molar-refractivity contribution in [3.63, 3.8) is 0 Å². The lowest BCUT2D eigenvalue weighted by Gasteiger charge is -2.09. The first kappa shape index (κ1) is 19.0. The molecule has 0 aliphatic carbocycles. The van der Waals surface area contributed by atoms with Crippen LogP contribution in [0.1, 0.15) is 25.3 Å². The van der Waals surface area contributed by atoms with Crippen LogP contribution in [-0.4, -0.2) is 6.61 Å². The molecule has 27 heavy (non-hydrogen) atoms. The quantitative estimate of drug-likeness (QED) is 0.431. The fraction of sp³-hybridized carbons (Fsp3) is 0.217. The summed E-state index contributed by atoms with van der Waals surface area (Å²) in [5, 5.41) is 0. The van der Waals surface area contributed by atoms with E-state index in [1.165, 1.54) is 30.5 Å². The molecular formula is C23H21F3O. The van der Waals surface area contributed by atoms with E-state index in [2.05, 4.69) is 35.9 Å². The molecule has 1 nitrogen and oxygen atoms in total. The van der Waals surface area contributed by atoms with Gasteiger partial charge in [0.05, 0.1) is 0 Å². The Morgan fingerprint density at radius 3 is 1.96 bits per heavy atom. The van der Waals surface area contributed by atoms with Crippen molar-refractivity contribution < 1.29 is 17.9 Å². The lowest BCUT2D eigenvalue weighted by Crippen LogP contribution is -2.02. The van der Waals surface area contributed by atoms with Gasteiger partial charge in [0.1, 0.15) is 11.6 Å². The number of hydrogen-bond acceptors (Lipinski definition) is 1. The second-order valence-electron chi connectivity index (χ2n) is 6.40. The van der Waals surface area contributed by atoms with Crippen LogP contribution in [0.5, 0.6) is 5.75 Å². The summed E-state index contributed by atoms with van der Waals surface area (Å²) in [5.41, 5.74) is 4.49. The highest BCUT2D eigenvalue weighted by Crippen LogP contribution is 2.29. The van der Waals surface area contributed by atoms with Crippen molar-refractivity contribution in [2.24, 2.45) is 0 Å². The van der Waals surface area contributed by atoms with E-state index in [0.29, 0.717) is 11.1 Å². The smallest absolute Gasteiger partial charge is 0.387 e. The highest BCUT2D eigenvalue weighted by Gasteiger charge is 2.10. The van der Waals surface area contributed by atoms with Gasteiger partial charge in [-0.1, -0.05) is 61.9 Å². The fourth-order valence-electron chi connectivity index (χ4n) is 2.99. The van der Waals surface area contributed by atoms with Gasteiger partial charge in [0.15, 0.2) is 0 Å². The summed E-state index contributed by atoms with van der Waals surface area (Å²) in [6.45, 7) is -0.791. The Balaban J connectivity index is 1.77. The van der Waals surface area contributed by atoms with Crippen molar-refractivity contribution in [2.75, 3.05) is 0 Å². The van der Waals surface area contributed by atoms with E-state index in [4.69, 9.17) is 0 Å². The molecule has 0 aliphatic heterocycles. The van der Waals surface area contributed by atoms with Crippen molar-refractivity contribution in [1.82, 2.24) is 0 Å². The highest BCUT2D eigenvalue weighted by atomic mass is 19.3. The molecule has 0 atom stereocenters. The van der Waals surface area contributed by atoms with Gasteiger partial charge in [-0.2, -0.15) is 8.78 Å². The van der Waals surface area contributed by atoms with Crippen molar-refractivity contribution in [3.8, 4) is 28.0 Å². The normalized spacial score (nSPS) is 11.0. The number of unbranched alkanes of at least 4 members (excludes halogenated alkanes) is 1. The maximum atomic E-state index is 14.2. The van der Waals surface area contributed by atoms with Crippen LogP contribution in [-0.2, 0) is 6.42 Å². The Bertz CT molecular complexity index is 871. The predicted octanol–water partition coefficient (Wildman–Crippen LogP) is 7.10. The summed E-state index contributed by atoms with van der Waals surface area (Å²) in [6.07, 6.45) is 3.44. The van der Waals surface area contributed by atoms with Crippen LogP contribution in [0, 0.1) is 5.82 Å². The van der Waals surface area contributed by atoms with Gasteiger partial charge in [0.2, 0.25) is 0 Å². The van der Waals surface area contributed by atoms with Gasteiger partial charge in [-0.25, -0.2) is 4.39 Å². The molecule has 0 saturated carbocycles. The van der Waals surface area contributed by atoms with E-state index in [9.17, 15) is 13.2 Å². The van der Waals surface area contributed by atoms with Crippen molar-refractivity contribution in [2.45, 2.75) is 32.8 Å². The Morgan fingerprint density at radius 2 is 1.41 bits per heavy atom. The first-order chi connectivity index (χ1) is 13.1. The Kier molecular flexibility index (Phi) is 6.17. The number of alkyl halides is 2. The average Bonchev–Trinajstić information content (AvgIpc) is 2.67. The monoisotopic (exact) mass is 370 g/mol. The third-order valence-electron chi connectivity index (χ3n) is 4.47. The van der Waals surface area contributed by atoms with Gasteiger partial charge in [-0.15, -0.1) is 0 Å². The molecule has 0 aliphatic rings. The molecule has 0 saturated heterocycles. The number of aryl methyl sites for hydroxylation is 1. The summed E-state index contributed by atoms with van der Waals surface area (Å²) in [6, 6.07) is 19.7. The molecule has 0 radical (unpaired) electrons. The van der Waals surface area contributed by atoms with E-state index in [0.717, 1.165) is 23.6 Å². The molecule has 0 N–H and O–H groups in total. The summed E-state index contributed by atoms with van der Waals surface area (Å²) >= 11 is 0. The molecule has 0 spiro atoms. The Morgan fingerprint density at radius 1 is 0.815 bits per heavy atom. The first-order valence-corrected chi connectivity index (χ1v) is 9.01. The molecule has 0 amide bonds. The molecule has 3 rings (SSSR count). The Labute approximate surface area is 157 Å². The number of benzene rings is 3. The summed E-state index contributed by atoms with van der Waals surface area (Å²) in [4.78, 5) is 0. The highest BCUT2D eigenvalue weighted by molar-refractivity contribution is 5.71. The van der Waals surface area contributed by atoms with Crippen molar-refractivity contribution in [1.29, 1.82) is 0 Å².